The minimum atomic E-state index is -4.49. The largest absolute Gasteiger partial charge is 0.455 e. The van der Waals surface area contributed by atoms with E-state index in [4.69, 9.17) is 16.0 Å². The lowest BCUT2D eigenvalue weighted by Gasteiger charge is -2.06. The lowest BCUT2D eigenvalue weighted by atomic mass is 10.1. The van der Waals surface area contributed by atoms with Gasteiger partial charge in [-0.15, -0.1) is 0 Å². The van der Waals surface area contributed by atoms with Gasteiger partial charge in [-0.2, -0.15) is 13.2 Å². The predicted molar refractivity (Wildman–Crippen MR) is 92.3 cm³/mol. The van der Waals surface area contributed by atoms with Crippen molar-refractivity contribution in [3.05, 3.63) is 68.8 Å². The Labute approximate surface area is 149 Å². The minimum absolute atomic E-state index is 0.155. The van der Waals surface area contributed by atoms with Gasteiger partial charge in [0.25, 0.3) is 0 Å². The van der Waals surface area contributed by atoms with Crippen LogP contribution < -0.4 is 0 Å². The van der Waals surface area contributed by atoms with Crippen LogP contribution in [0.5, 0.6) is 0 Å². The second-order valence-corrected chi connectivity index (χ2v) is 6.55. The molecule has 23 heavy (non-hydrogen) atoms. The average molecular weight is 449 g/mol. The van der Waals surface area contributed by atoms with E-state index in [9.17, 15) is 13.2 Å². The monoisotopic (exact) mass is 448 g/mol. The first-order chi connectivity index (χ1) is 10.8. The van der Waals surface area contributed by atoms with E-state index in [0.29, 0.717) is 16.1 Å². The first kappa shape index (κ1) is 16.4. The maximum atomic E-state index is 13.3. The molecule has 3 aromatic rings. The number of furan rings is 1. The molecule has 3 rings (SSSR count). The summed E-state index contributed by atoms with van der Waals surface area (Å²) >= 11 is 7.90. The molecule has 6 heteroatoms. The van der Waals surface area contributed by atoms with Crippen LogP contribution in [0.15, 0.2) is 59.0 Å². The molecule has 0 aliphatic carbocycles. The van der Waals surface area contributed by atoms with Crippen molar-refractivity contribution in [2.24, 2.45) is 0 Å². The smallest absolute Gasteiger partial charge is 0.420 e. The Bertz CT molecular complexity index is 821. The van der Waals surface area contributed by atoms with E-state index in [1.165, 1.54) is 0 Å². The van der Waals surface area contributed by atoms with E-state index < -0.39 is 11.7 Å². The number of alkyl halides is 3. The average Bonchev–Trinajstić information content (AvgIpc) is 2.94. The van der Waals surface area contributed by atoms with Gasteiger partial charge in [0, 0.05) is 19.7 Å². The molecule has 0 fully saturated rings. The van der Waals surface area contributed by atoms with Crippen molar-refractivity contribution in [3.63, 3.8) is 0 Å². The van der Waals surface area contributed by atoms with Gasteiger partial charge in [0.15, 0.2) is 0 Å². The minimum Gasteiger partial charge on any atom is -0.455 e. The highest BCUT2D eigenvalue weighted by atomic mass is 127. The molecule has 0 saturated carbocycles. The van der Waals surface area contributed by atoms with Crippen molar-refractivity contribution in [3.8, 4) is 22.6 Å². The maximum Gasteiger partial charge on any atom is 0.420 e. The summed E-state index contributed by atoms with van der Waals surface area (Å²) in [6.07, 6.45) is -4.49. The third-order valence-corrected chi connectivity index (χ3v) is 4.24. The molecular weight excluding hydrogens is 440 g/mol. The molecule has 0 amide bonds. The number of benzene rings is 2. The molecule has 0 saturated heterocycles. The number of hydrogen-bond acceptors (Lipinski definition) is 1. The van der Waals surface area contributed by atoms with E-state index in [2.05, 4.69) is 22.6 Å². The molecule has 2 aromatic carbocycles. The maximum absolute atomic E-state index is 13.3. The van der Waals surface area contributed by atoms with Crippen molar-refractivity contribution in [2.75, 3.05) is 0 Å². The van der Waals surface area contributed by atoms with Crippen molar-refractivity contribution < 1.29 is 17.6 Å². The van der Waals surface area contributed by atoms with E-state index in [1.54, 1.807) is 48.5 Å². The number of halogens is 5. The highest BCUT2D eigenvalue weighted by Crippen LogP contribution is 2.42. The summed E-state index contributed by atoms with van der Waals surface area (Å²) < 4.78 is 46.4. The van der Waals surface area contributed by atoms with Crippen molar-refractivity contribution in [1.29, 1.82) is 0 Å². The van der Waals surface area contributed by atoms with Crippen LogP contribution in [-0.4, -0.2) is 0 Å². The normalized spacial score (nSPS) is 11.7. The highest BCUT2D eigenvalue weighted by molar-refractivity contribution is 14.1. The zero-order chi connectivity index (χ0) is 16.6. The summed E-state index contributed by atoms with van der Waals surface area (Å²) in [4.78, 5) is 0. The van der Waals surface area contributed by atoms with Crippen LogP contribution >= 0.6 is 34.2 Å². The van der Waals surface area contributed by atoms with Crippen molar-refractivity contribution >= 4 is 34.2 Å². The number of rotatable bonds is 2. The zero-order valence-corrected chi connectivity index (χ0v) is 14.4. The van der Waals surface area contributed by atoms with Gasteiger partial charge in [0.1, 0.15) is 17.1 Å². The highest BCUT2D eigenvalue weighted by Gasteiger charge is 2.37. The summed E-state index contributed by atoms with van der Waals surface area (Å²) in [7, 11) is 0. The van der Waals surface area contributed by atoms with Crippen LogP contribution in [0.4, 0.5) is 13.2 Å². The molecule has 0 spiro atoms. The van der Waals surface area contributed by atoms with Crippen LogP contribution in [0.2, 0.25) is 5.02 Å². The second-order valence-electron chi connectivity index (χ2n) is 4.86. The van der Waals surface area contributed by atoms with Gasteiger partial charge in [0.2, 0.25) is 0 Å². The topological polar surface area (TPSA) is 13.1 Å². The van der Waals surface area contributed by atoms with E-state index in [0.717, 1.165) is 9.64 Å². The summed E-state index contributed by atoms with van der Waals surface area (Å²) in [5, 5.41) is 0.509. The number of hydrogen-bond donors (Lipinski definition) is 0. The standard InChI is InChI=1S/C17H9ClF3IO/c18-12-5-1-10(2-6-12)15-9-14(17(19,20)21)16(23-15)11-3-7-13(22)8-4-11/h1-9H. The van der Waals surface area contributed by atoms with E-state index in [-0.39, 0.29) is 11.5 Å². The summed E-state index contributed by atoms with van der Waals surface area (Å²) in [6, 6.07) is 14.2. The Morgan fingerprint density at radius 3 is 2.00 bits per heavy atom. The van der Waals surface area contributed by atoms with Crippen molar-refractivity contribution in [2.45, 2.75) is 6.18 Å². The Morgan fingerprint density at radius 2 is 1.43 bits per heavy atom. The van der Waals surface area contributed by atoms with Crippen LogP contribution in [0, 0.1) is 3.57 Å². The summed E-state index contributed by atoms with van der Waals surface area (Å²) in [5.74, 6) is -0.0265. The molecule has 0 atom stereocenters. The van der Waals surface area contributed by atoms with Gasteiger partial charge in [-0.25, -0.2) is 0 Å². The molecule has 0 bridgehead atoms. The molecular formula is C17H9ClF3IO. The Balaban J connectivity index is 2.14. The predicted octanol–water partition coefficient (Wildman–Crippen LogP) is 6.89. The molecule has 0 aliphatic rings. The molecule has 0 radical (unpaired) electrons. The molecule has 0 unspecified atom stereocenters. The Hall–Kier alpha value is -1.47. The SMILES string of the molecule is FC(F)(F)c1cc(-c2ccc(Cl)cc2)oc1-c1ccc(I)cc1. The third-order valence-electron chi connectivity index (χ3n) is 3.27. The van der Waals surface area contributed by atoms with Crippen LogP contribution in [-0.2, 0) is 6.18 Å². The van der Waals surface area contributed by atoms with Gasteiger partial charge in [-0.1, -0.05) is 23.7 Å². The van der Waals surface area contributed by atoms with Crippen molar-refractivity contribution in [1.82, 2.24) is 0 Å². The Morgan fingerprint density at radius 1 is 0.870 bits per heavy atom. The second kappa shape index (κ2) is 6.20. The molecule has 1 heterocycles. The molecule has 1 nitrogen and oxygen atoms in total. The molecule has 0 aliphatic heterocycles. The van der Waals surface area contributed by atoms with Gasteiger partial charge >= 0.3 is 6.18 Å². The fraction of sp³-hybridized carbons (Fsp3) is 0.0588. The first-order valence-corrected chi connectivity index (χ1v) is 8.03. The van der Waals surface area contributed by atoms with Crippen LogP contribution in [0.3, 0.4) is 0 Å². The summed E-state index contributed by atoms with van der Waals surface area (Å²) in [6.45, 7) is 0. The third kappa shape index (κ3) is 3.55. The van der Waals surface area contributed by atoms with Gasteiger partial charge < -0.3 is 4.42 Å². The first-order valence-electron chi connectivity index (χ1n) is 6.57. The molecule has 0 N–H and O–H groups in total. The molecule has 118 valence electrons. The van der Waals surface area contributed by atoms with E-state index in [1.807, 2.05) is 0 Å². The Kier molecular flexibility index (Phi) is 4.42. The fourth-order valence-corrected chi connectivity index (χ4v) is 2.66. The van der Waals surface area contributed by atoms with Gasteiger partial charge in [-0.3, -0.25) is 0 Å². The summed E-state index contributed by atoms with van der Waals surface area (Å²) in [5.41, 5.74) is 0.137. The molecule has 1 aromatic heterocycles. The van der Waals surface area contributed by atoms with E-state index >= 15 is 0 Å². The quantitative estimate of drug-likeness (QED) is 0.389. The lowest BCUT2D eigenvalue weighted by molar-refractivity contribution is -0.137. The lowest BCUT2D eigenvalue weighted by Crippen LogP contribution is -2.04. The fourth-order valence-electron chi connectivity index (χ4n) is 2.17. The zero-order valence-electron chi connectivity index (χ0n) is 11.5. The van der Waals surface area contributed by atoms with Gasteiger partial charge in [-0.05, 0) is 65.1 Å². The van der Waals surface area contributed by atoms with Crippen LogP contribution in [0.1, 0.15) is 5.56 Å². The van der Waals surface area contributed by atoms with Gasteiger partial charge in [0.05, 0.1) is 0 Å². The van der Waals surface area contributed by atoms with Crippen LogP contribution in [0.25, 0.3) is 22.6 Å².